The van der Waals surface area contributed by atoms with Crippen molar-refractivity contribution in [3.63, 3.8) is 0 Å². The standard InChI is InChI=1S/C21H26ClFO4/c22-15-11-12-16-17(18(15)23)21(13-7-3-1-4-8-13,14-9-5-2-6-10-14)27-20(26-16)19(24)25/h11-14,20H,1-10H2,(H,24,25). The maximum absolute atomic E-state index is 15.4. The second-order valence-corrected chi connectivity index (χ2v) is 8.51. The molecule has 0 bridgehead atoms. The molecule has 0 aromatic heterocycles. The highest BCUT2D eigenvalue weighted by Gasteiger charge is 2.56. The first-order valence-electron chi connectivity index (χ1n) is 10.1. The number of fused-ring (bicyclic) bond motifs is 1. The SMILES string of the molecule is O=C(O)C1Oc2ccc(Cl)c(F)c2C(C2CCCCC2)(C2CCCCC2)O1. The summed E-state index contributed by atoms with van der Waals surface area (Å²) in [5, 5.41) is 9.68. The Balaban J connectivity index is 1.91. The molecule has 0 radical (unpaired) electrons. The Morgan fingerprint density at radius 2 is 1.59 bits per heavy atom. The van der Waals surface area contributed by atoms with Crippen LogP contribution in [0.15, 0.2) is 12.1 Å². The number of halogens is 2. The van der Waals surface area contributed by atoms with Crippen LogP contribution < -0.4 is 4.74 Å². The van der Waals surface area contributed by atoms with Gasteiger partial charge in [-0.2, -0.15) is 0 Å². The zero-order valence-electron chi connectivity index (χ0n) is 15.4. The third kappa shape index (κ3) is 3.23. The largest absolute Gasteiger partial charge is 0.477 e. The Labute approximate surface area is 164 Å². The highest BCUT2D eigenvalue weighted by Crippen LogP contribution is 2.57. The van der Waals surface area contributed by atoms with E-state index in [1.807, 2.05) is 0 Å². The number of benzene rings is 1. The molecule has 0 spiro atoms. The number of hydrogen-bond donors (Lipinski definition) is 1. The van der Waals surface area contributed by atoms with E-state index in [-0.39, 0.29) is 22.6 Å². The molecule has 0 saturated heterocycles. The van der Waals surface area contributed by atoms with Crippen molar-refractivity contribution in [1.29, 1.82) is 0 Å². The molecular weight excluding hydrogens is 371 g/mol. The molecule has 2 aliphatic carbocycles. The fraction of sp³-hybridized carbons (Fsp3) is 0.667. The summed E-state index contributed by atoms with van der Waals surface area (Å²) in [7, 11) is 0. The van der Waals surface area contributed by atoms with Crippen molar-refractivity contribution in [3.8, 4) is 5.75 Å². The molecular formula is C21H26ClFO4. The van der Waals surface area contributed by atoms with Gasteiger partial charge in [0.05, 0.1) is 10.6 Å². The molecule has 1 unspecified atom stereocenters. The Bertz CT molecular complexity index is 692. The highest BCUT2D eigenvalue weighted by atomic mass is 35.5. The van der Waals surface area contributed by atoms with Crippen LogP contribution in [0.3, 0.4) is 0 Å². The minimum atomic E-state index is -1.41. The summed E-state index contributed by atoms with van der Waals surface area (Å²) in [6.45, 7) is 0. The van der Waals surface area contributed by atoms with Gasteiger partial charge in [0.2, 0.25) is 0 Å². The van der Waals surface area contributed by atoms with Crippen LogP contribution >= 0.6 is 11.6 Å². The third-order valence-corrected chi connectivity index (χ3v) is 6.90. The topological polar surface area (TPSA) is 55.8 Å². The van der Waals surface area contributed by atoms with E-state index in [4.69, 9.17) is 21.1 Å². The number of ether oxygens (including phenoxy) is 2. The maximum atomic E-state index is 15.4. The summed E-state index contributed by atoms with van der Waals surface area (Å²) >= 11 is 6.15. The first kappa shape index (κ1) is 19.0. The van der Waals surface area contributed by atoms with Crippen LogP contribution in [-0.4, -0.2) is 17.4 Å². The van der Waals surface area contributed by atoms with E-state index in [0.29, 0.717) is 5.56 Å². The molecule has 1 atom stereocenters. The average molecular weight is 397 g/mol. The first-order chi connectivity index (χ1) is 13.0. The second kappa shape index (κ2) is 7.59. The Hall–Kier alpha value is -1.33. The normalized spacial score (nSPS) is 26.2. The summed E-state index contributed by atoms with van der Waals surface area (Å²) in [5.41, 5.74) is -0.627. The van der Waals surface area contributed by atoms with Gasteiger partial charge >= 0.3 is 5.97 Å². The molecule has 2 fully saturated rings. The van der Waals surface area contributed by atoms with Crippen LogP contribution in [0.25, 0.3) is 0 Å². The van der Waals surface area contributed by atoms with Gasteiger partial charge in [-0.15, -0.1) is 0 Å². The van der Waals surface area contributed by atoms with Gasteiger partial charge in [-0.3, -0.25) is 0 Å². The van der Waals surface area contributed by atoms with E-state index >= 15 is 4.39 Å². The number of rotatable bonds is 3. The number of carboxylic acids is 1. The number of carbonyl (C=O) groups is 1. The summed E-state index contributed by atoms with van der Waals surface area (Å²) in [6, 6.07) is 3.03. The zero-order chi connectivity index (χ0) is 19.0. The summed E-state index contributed by atoms with van der Waals surface area (Å²) in [6.07, 6.45) is 8.75. The molecule has 3 aliphatic rings. The lowest BCUT2D eigenvalue weighted by molar-refractivity contribution is -0.253. The predicted molar refractivity (Wildman–Crippen MR) is 99.4 cm³/mol. The molecule has 4 nitrogen and oxygen atoms in total. The lowest BCUT2D eigenvalue weighted by Crippen LogP contribution is -2.54. The van der Waals surface area contributed by atoms with Gasteiger partial charge in [0.1, 0.15) is 11.4 Å². The molecule has 1 aromatic carbocycles. The van der Waals surface area contributed by atoms with E-state index in [1.165, 1.54) is 6.07 Å². The maximum Gasteiger partial charge on any atom is 0.373 e. The number of hydrogen-bond acceptors (Lipinski definition) is 3. The molecule has 1 heterocycles. The van der Waals surface area contributed by atoms with E-state index in [0.717, 1.165) is 64.2 Å². The van der Waals surface area contributed by atoms with Gasteiger partial charge in [0.25, 0.3) is 6.29 Å². The van der Waals surface area contributed by atoms with Crippen molar-refractivity contribution in [1.82, 2.24) is 0 Å². The van der Waals surface area contributed by atoms with Crippen molar-refractivity contribution in [3.05, 3.63) is 28.5 Å². The predicted octanol–water partition coefficient (Wildman–Crippen LogP) is 5.65. The van der Waals surface area contributed by atoms with E-state index in [1.54, 1.807) is 6.07 Å². The fourth-order valence-corrected chi connectivity index (χ4v) is 5.63. The van der Waals surface area contributed by atoms with Gasteiger partial charge in [0.15, 0.2) is 5.82 Å². The quantitative estimate of drug-likeness (QED) is 0.716. The van der Waals surface area contributed by atoms with Gasteiger partial charge in [-0.25, -0.2) is 9.18 Å². The Kier molecular flexibility index (Phi) is 5.34. The van der Waals surface area contributed by atoms with E-state index in [9.17, 15) is 9.90 Å². The molecule has 1 aliphatic heterocycles. The van der Waals surface area contributed by atoms with Crippen LogP contribution in [0.5, 0.6) is 5.75 Å². The molecule has 6 heteroatoms. The summed E-state index contributed by atoms with van der Waals surface area (Å²) in [5.74, 6) is -1.27. The van der Waals surface area contributed by atoms with Gasteiger partial charge in [0, 0.05) is 0 Å². The van der Waals surface area contributed by atoms with Crippen molar-refractivity contribution in [2.75, 3.05) is 0 Å². The van der Waals surface area contributed by atoms with Crippen molar-refractivity contribution < 1.29 is 23.8 Å². The summed E-state index contributed by atoms with van der Waals surface area (Å²) < 4.78 is 27.2. The zero-order valence-corrected chi connectivity index (χ0v) is 16.1. The van der Waals surface area contributed by atoms with Crippen molar-refractivity contribution >= 4 is 17.6 Å². The summed E-state index contributed by atoms with van der Waals surface area (Å²) in [4.78, 5) is 11.8. The Morgan fingerprint density at radius 3 is 2.11 bits per heavy atom. The van der Waals surface area contributed by atoms with Crippen LogP contribution in [0.2, 0.25) is 5.02 Å². The second-order valence-electron chi connectivity index (χ2n) is 8.10. The lowest BCUT2D eigenvalue weighted by Gasteiger charge is -2.52. The molecule has 2 saturated carbocycles. The van der Waals surface area contributed by atoms with E-state index < -0.39 is 23.7 Å². The van der Waals surface area contributed by atoms with Crippen molar-refractivity contribution in [2.24, 2.45) is 11.8 Å². The molecule has 0 amide bonds. The smallest absolute Gasteiger partial charge is 0.373 e. The van der Waals surface area contributed by atoms with Crippen LogP contribution in [0, 0.1) is 17.7 Å². The molecule has 4 rings (SSSR count). The minimum Gasteiger partial charge on any atom is -0.477 e. The highest BCUT2D eigenvalue weighted by molar-refractivity contribution is 6.30. The van der Waals surface area contributed by atoms with E-state index in [2.05, 4.69) is 0 Å². The van der Waals surface area contributed by atoms with Gasteiger partial charge in [-0.05, 0) is 49.7 Å². The number of carboxylic acid groups (broad SMARTS) is 1. The van der Waals surface area contributed by atoms with Gasteiger partial charge < -0.3 is 14.6 Å². The third-order valence-electron chi connectivity index (χ3n) is 6.61. The molecule has 148 valence electrons. The average Bonchev–Trinajstić information content (AvgIpc) is 2.71. The minimum absolute atomic E-state index is 0.0331. The van der Waals surface area contributed by atoms with Crippen molar-refractivity contribution in [2.45, 2.75) is 76.1 Å². The van der Waals surface area contributed by atoms with Crippen LogP contribution in [-0.2, 0) is 15.1 Å². The Morgan fingerprint density at radius 1 is 1.04 bits per heavy atom. The molecule has 1 aromatic rings. The fourth-order valence-electron chi connectivity index (χ4n) is 5.47. The van der Waals surface area contributed by atoms with Gasteiger partial charge in [-0.1, -0.05) is 50.1 Å². The molecule has 1 N–H and O–H groups in total. The number of aliphatic carboxylic acids is 1. The lowest BCUT2D eigenvalue weighted by atomic mass is 9.62. The molecule has 27 heavy (non-hydrogen) atoms. The monoisotopic (exact) mass is 396 g/mol. The first-order valence-corrected chi connectivity index (χ1v) is 10.5. The van der Waals surface area contributed by atoms with Crippen LogP contribution in [0.1, 0.15) is 69.8 Å². The van der Waals surface area contributed by atoms with Crippen LogP contribution in [0.4, 0.5) is 4.39 Å².